The molecule has 0 amide bonds. The number of hydrogen-bond donors (Lipinski definition) is 3. The van der Waals surface area contributed by atoms with Crippen molar-refractivity contribution in [3.05, 3.63) is 0 Å². The van der Waals surface area contributed by atoms with Crippen molar-refractivity contribution in [2.45, 2.75) is 19.1 Å². The summed E-state index contributed by atoms with van der Waals surface area (Å²) >= 11 is 0. The topological polar surface area (TPSA) is 94.8 Å². The van der Waals surface area contributed by atoms with Gasteiger partial charge in [0.2, 0.25) is 11.9 Å². The predicted octanol–water partition coefficient (Wildman–Crippen LogP) is -1.62. The molecular formula is C5H8O5. The number of aliphatic hydroxyl groups excluding tert-OH is 2. The Morgan fingerprint density at radius 1 is 1.30 bits per heavy atom. The van der Waals surface area contributed by atoms with E-state index >= 15 is 0 Å². The molecule has 0 aromatic heterocycles. The highest BCUT2D eigenvalue weighted by Gasteiger charge is 2.25. The zero-order chi connectivity index (χ0) is 8.31. The van der Waals surface area contributed by atoms with Crippen LogP contribution < -0.4 is 0 Å². The summed E-state index contributed by atoms with van der Waals surface area (Å²) in [5.74, 6) is -2.75. The lowest BCUT2D eigenvalue weighted by atomic mass is 10.1. The van der Waals surface area contributed by atoms with Crippen LogP contribution in [0.25, 0.3) is 0 Å². The molecule has 0 heterocycles. The average Bonchev–Trinajstić information content (AvgIpc) is 1.84. The number of carbonyl (C=O) groups is 2. The van der Waals surface area contributed by atoms with Gasteiger partial charge < -0.3 is 15.3 Å². The van der Waals surface area contributed by atoms with E-state index in [1.165, 1.54) is 0 Å². The molecule has 0 spiro atoms. The first-order valence-electron chi connectivity index (χ1n) is 2.59. The Morgan fingerprint density at radius 3 is 1.80 bits per heavy atom. The molecule has 0 bridgehead atoms. The lowest BCUT2D eigenvalue weighted by Gasteiger charge is -2.05. The van der Waals surface area contributed by atoms with E-state index in [0.29, 0.717) is 0 Å². The van der Waals surface area contributed by atoms with Gasteiger partial charge in [0.05, 0.1) is 0 Å². The second-order valence-electron chi connectivity index (χ2n) is 1.82. The summed E-state index contributed by atoms with van der Waals surface area (Å²) in [6, 6.07) is 0. The highest BCUT2D eigenvalue weighted by Crippen LogP contribution is 1.91. The van der Waals surface area contributed by atoms with Gasteiger partial charge in [0.15, 0.2) is 0 Å². The number of hydrogen-bond acceptors (Lipinski definition) is 4. The van der Waals surface area contributed by atoms with E-state index in [9.17, 15) is 9.59 Å². The van der Waals surface area contributed by atoms with Gasteiger partial charge >= 0.3 is 5.97 Å². The second kappa shape index (κ2) is 3.28. The maximum absolute atomic E-state index is 10.4. The van der Waals surface area contributed by atoms with Crippen LogP contribution in [0.3, 0.4) is 0 Å². The highest BCUT2D eigenvalue weighted by atomic mass is 16.4. The first-order valence-corrected chi connectivity index (χ1v) is 2.59. The maximum Gasteiger partial charge on any atom is 0.340 e. The summed E-state index contributed by atoms with van der Waals surface area (Å²) in [7, 11) is 0. The number of carboxylic acid groups (broad SMARTS) is 1. The summed E-state index contributed by atoms with van der Waals surface area (Å²) in [6.07, 6.45) is -3.55. The average molecular weight is 148 g/mol. The molecule has 10 heavy (non-hydrogen) atoms. The van der Waals surface area contributed by atoms with Crippen molar-refractivity contribution >= 4 is 11.8 Å². The molecule has 58 valence electrons. The van der Waals surface area contributed by atoms with Crippen molar-refractivity contribution in [3.63, 3.8) is 0 Å². The Labute approximate surface area is 56.9 Å². The third-order valence-corrected chi connectivity index (χ3v) is 0.915. The first-order chi connectivity index (χ1) is 4.46. The smallest absolute Gasteiger partial charge is 0.340 e. The van der Waals surface area contributed by atoms with E-state index in [2.05, 4.69) is 0 Å². The Balaban J connectivity index is 4.08. The number of rotatable bonds is 3. The molecule has 0 radical (unpaired) electrons. The van der Waals surface area contributed by atoms with Crippen LogP contribution >= 0.6 is 0 Å². The zero-order valence-corrected chi connectivity index (χ0v) is 5.31. The fourth-order valence-corrected chi connectivity index (χ4v) is 0.350. The van der Waals surface area contributed by atoms with Crippen LogP contribution in [0.15, 0.2) is 0 Å². The van der Waals surface area contributed by atoms with Crippen LogP contribution in [0.2, 0.25) is 0 Å². The Bertz CT molecular complexity index is 150. The standard InChI is InChI=1S/C5H8O5/c1-2(6)3(7)4(8)5(9)10/h2,4,6,8H,1H3,(H,9,10). The lowest BCUT2D eigenvalue weighted by Crippen LogP contribution is -2.36. The molecule has 5 nitrogen and oxygen atoms in total. The normalized spacial score (nSPS) is 15.9. The van der Waals surface area contributed by atoms with Gasteiger partial charge in [-0.05, 0) is 6.92 Å². The molecule has 2 atom stereocenters. The minimum atomic E-state index is -2.11. The highest BCUT2D eigenvalue weighted by molar-refractivity contribution is 6.02. The molecule has 0 fully saturated rings. The van der Waals surface area contributed by atoms with E-state index < -0.39 is 24.0 Å². The van der Waals surface area contributed by atoms with Crippen molar-refractivity contribution in [2.24, 2.45) is 0 Å². The number of aliphatic hydroxyl groups is 2. The molecule has 0 aliphatic carbocycles. The van der Waals surface area contributed by atoms with Crippen LogP contribution in [0.4, 0.5) is 0 Å². The molecule has 0 aliphatic rings. The molecular weight excluding hydrogens is 140 g/mol. The van der Waals surface area contributed by atoms with Gasteiger partial charge in [-0.25, -0.2) is 4.79 Å². The maximum atomic E-state index is 10.4. The fraction of sp³-hybridized carbons (Fsp3) is 0.600. The monoisotopic (exact) mass is 148 g/mol. The molecule has 0 aliphatic heterocycles. The molecule has 0 saturated heterocycles. The van der Waals surface area contributed by atoms with Crippen LogP contribution in [0.1, 0.15) is 6.92 Å². The molecule has 2 unspecified atom stereocenters. The second-order valence-corrected chi connectivity index (χ2v) is 1.82. The van der Waals surface area contributed by atoms with Gasteiger partial charge in [-0.15, -0.1) is 0 Å². The predicted molar refractivity (Wildman–Crippen MR) is 30.3 cm³/mol. The van der Waals surface area contributed by atoms with Gasteiger partial charge in [0.25, 0.3) is 0 Å². The van der Waals surface area contributed by atoms with Crippen molar-refractivity contribution in [3.8, 4) is 0 Å². The molecule has 0 aromatic rings. The fourth-order valence-electron chi connectivity index (χ4n) is 0.350. The van der Waals surface area contributed by atoms with Gasteiger partial charge in [-0.3, -0.25) is 4.79 Å². The molecule has 0 saturated carbocycles. The van der Waals surface area contributed by atoms with Crippen LogP contribution in [-0.2, 0) is 9.59 Å². The molecule has 5 heteroatoms. The van der Waals surface area contributed by atoms with E-state index in [1.807, 2.05) is 0 Å². The minimum absolute atomic E-state index is 1.09. The van der Waals surface area contributed by atoms with Gasteiger partial charge in [0, 0.05) is 0 Å². The van der Waals surface area contributed by atoms with E-state index in [0.717, 1.165) is 6.92 Å². The SMILES string of the molecule is CC(O)C(=O)C(O)C(=O)O. The molecule has 3 N–H and O–H groups in total. The zero-order valence-electron chi connectivity index (χ0n) is 5.31. The van der Waals surface area contributed by atoms with Crippen LogP contribution in [0, 0.1) is 0 Å². The summed E-state index contributed by atoms with van der Waals surface area (Å²) in [6.45, 7) is 1.09. The summed E-state index contributed by atoms with van der Waals surface area (Å²) < 4.78 is 0. The Morgan fingerprint density at radius 2 is 1.70 bits per heavy atom. The number of carbonyl (C=O) groups excluding carboxylic acids is 1. The van der Waals surface area contributed by atoms with Crippen molar-refractivity contribution in [1.82, 2.24) is 0 Å². The van der Waals surface area contributed by atoms with E-state index in [-0.39, 0.29) is 0 Å². The quantitative estimate of drug-likeness (QED) is 0.418. The number of aliphatic carboxylic acids is 1. The molecule has 0 rings (SSSR count). The van der Waals surface area contributed by atoms with Gasteiger partial charge in [-0.1, -0.05) is 0 Å². The van der Waals surface area contributed by atoms with Crippen molar-refractivity contribution < 1.29 is 24.9 Å². The van der Waals surface area contributed by atoms with E-state index in [4.69, 9.17) is 15.3 Å². The van der Waals surface area contributed by atoms with Gasteiger partial charge in [0.1, 0.15) is 6.10 Å². The third kappa shape index (κ3) is 2.12. The Hall–Kier alpha value is -0.940. The van der Waals surface area contributed by atoms with Crippen LogP contribution in [-0.4, -0.2) is 39.3 Å². The van der Waals surface area contributed by atoms with Gasteiger partial charge in [-0.2, -0.15) is 0 Å². The van der Waals surface area contributed by atoms with Crippen molar-refractivity contribution in [1.29, 1.82) is 0 Å². The lowest BCUT2D eigenvalue weighted by molar-refractivity contribution is -0.155. The number of carboxylic acids is 1. The van der Waals surface area contributed by atoms with Crippen molar-refractivity contribution in [2.75, 3.05) is 0 Å². The number of Topliss-reactive ketones (excluding diaryl/α,β-unsaturated/α-hetero) is 1. The minimum Gasteiger partial charge on any atom is -0.479 e. The third-order valence-electron chi connectivity index (χ3n) is 0.915. The van der Waals surface area contributed by atoms with Crippen LogP contribution in [0.5, 0.6) is 0 Å². The largest absolute Gasteiger partial charge is 0.479 e. The summed E-state index contributed by atoms with van der Waals surface area (Å²) in [4.78, 5) is 20.3. The van der Waals surface area contributed by atoms with E-state index in [1.54, 1.807) is 0 Å². The summed E-state index contributed by atoms with van der Waals surface area (Å²) in [5.41, 5.74) is 0. The first kappa shape index (κ1) is 9.06. The number of ketones is 1. The summed E-state index contributed by atoms with van der Waals surface area (Å²) in [5, 5.41) is 24.9. The Kier molecular flexibility index (Phi) is 2.98. The molecule has 0 aromatic carbocycles.